The van der Waals surface area contributed by atoms with Gasteiger partial charge in [-0.2, -0.15) is 0 Å². The standard InChI is InChI=1S/C15H12BrN3O/c1-10-14(16)15(20)19(9-17-10)8-12-7-6-11-4-2-3-5-13(11)18-12/h2-7,9H,8H2,1H3. The summed E-state index contributed by atoms with van der Waals surface area (Å²) in [5, 5.41) is 1.09. The van der Waals surface area contributed by atoms with E-state index in [4.69, 9.17) is 0 Å². The molecule has 0 aliphatic rings. The summed E-state index contributed by atoms with van der Waals surface area (Å²) in [5.41, 5.74) is 2.37. The highest BCUT2D eigenvalue weighted by Crippen LogP contribution is 2.12. The number of hydrogen-bond acceptors (Lipinski definition) is 3. The predicted molar refractivity (Wildman–Crippen MR) is 81.8 cm³/mol. The highest BCUT2D eigenvalue weighted by Gasteiger charge is 2.06. The number of para-hydroxylation sites is 1. The number of halogens is 1. The van der Waals surface area contributed by atoms with E-state index in [1.54, 1.807) is 17.8 Å². The van der Waals surface area contributed by atoms with Gasteiger partial charge in [-0.25, -0.2) is 4.98 Å². The van der Waals surface area contributed by atoms with E-state index in [0.717, 1.165) is 16.6 Å². The Balaban J connectivity index is 2.01. The summed E-state index contributed by atoms with van der Waals surface area (Å²) in [4.78, 5) is 20.9. The molecular formula is C15H12BrN3O. The molecule has 0 radical (unpaired) electrons. The van der Waals surface area contributed by atoms with Crippen molar-refractivity contribution in [3.8, 4) is 0 Å². The van der Waals surface area contributed by atoms with Crippen LogP contribution in [0.1, 0.15) is 11.4 Å². The highest BCUT2D eigenvalue weighted by atomic mass is 79.9. The van der Waals surface area contributed by atoms with E-state index in [1.165, 1.54) is 0 Å². The van der Waals surface area contributed by atoms with Gasteiger partial charge in [0.15, 0.2) is 0 Å². The fourth-order valence-corrected chi connectivity index (χ4v) is 2.36. The number of hydrogen-bond donors (Lipinski definition) is 0. The van der Waals surface area contributed by atoms with Crippen molar-refractivity contribution in [2.75, 3.05) is 0 Å². The lowest BCUT2D eigenvalue weighted by atomic mass is 10.2. The van der Waals surface area contributed by atoms with Gasteiger partial charge in [0.25, 0.3) is 5.56 Å². The van der Waals surface area contributed by atoms with Crippen LogP contribution in [0.25, 0.3) is 10.9 Å². The van der Waals surface area contributed by atoms with Crippen molar-refractivity contribution in [3.05, 3.63) is 68.9 Å². The Bertz CT molecular complexity index is 842. The average molecular weight is 330 g/mol. The van der Waals surface area contributed by atoms with Crippen LogP contribution in [0.5, 0.6) is 0 Å². The number of nitrogens with zero attached hydrogens (tertiary/aromatic N) is 3. The van der Waals surface area contributed by atoms with Gasteiger partial charge < -0.3 is 0 Å². The fourth-order valence-electron chi connectivity index (χ4n) is 2.03. The van der Waals surface area contributed by atoms with Crippen molar-refractivity contribution in [1.82, 2.24) is 14.5 Å². The molecule has 0 aliphatic heterocycles. The molecule has 0 aliphatic carbocycles. The minimum Gasteiger partial charge on any atom is -0.292 e. The predicted octanol–water partition coefficient (Wildman–Crippen LogP) is 2.91. The van der Waals surface area contributed by atoms with Gasteiger partial charge in [0.1, 0.15) is 4.47 Å². The molecule has 2 aromatic heterocycles. The topological polar surface area (TPSA) is 47.8 Å². The number of pyridine rings is 1. The lowest BCUT2D eigenvalue weighted by Crippen LogP contribution is -2.23. The molecule has 0 saturated carbocycles. The van der Waals surface area contributed by atoms with E-state index in [0.29, 0.717) is 16.7 Å². The third-order valence-corrected chi connectivity index (χ3v) is 4.06. The number of aryl methyl sites for hydroxylation is 1. The van der Waals surface area contributed by atoms with Crippen LogP contribution in [0, 0.1) is 6.92 Å². The van der Waals surface area contributed by atoms with Crippen LogP contribution < -0.4 is 5.56 Å². The van der Waals surface area contributed by atoms with Gasteiger partial charge in [-0.15, -0.1) is 0 Å². The largest absolute Gasteiger partial charge is 0.292 e. The second-order valence-electron chi connectivity index (χ2n) is 4.57. The Morgan fingerprint density at radius 3 is 2.85 bits per heavy atom. The van der Waals surface area contributed by atoms with Crippen LogP contribution in [0.15, 0.2) is 52.0 Å². The van der Waals surface area contributed by atoms with Gasteiger partial charge in [0, 0.05) is 5.39 Å². The third-order valence-electron chi connectivity index (χ3n) is 3.15. The van der Waals surface area contributed by atoms with Crippen LogP contribution in [-0.4, -0.2) is 14.5 Å². The number of aromatic nitrogens is 3. The maximum atomic E-state index is 12.1. The van der Waals surface area contributed by atoms with E-state index in [-0.39, 0.29) is 5.56 Å². The van der Waals surface area contributed by atoms with Crippen molar-refractivity contribution >= 4 is 26.8 Å². The molecule has 100 valence electrons. The zero-order chi connectivity index (χ0) is 14.1. The van der Waals surface area contributed by atoms with Crippen LogP contribution in [0.3, 0.4) is 0 Å². The molecule has 4 nitrogen and oxygen atoms in total. The van der Waals surface area contributed by atoms with Crippen molar-refractivity contribution in [3.63, 3.8) is 0 Å². The maximum absolute atomic E-state index is 12.1. The molecule has 0 spiro atoms. The van der Waals surface area contributed by atoms with E-state index in [1.807, 2.05) is 36.4 Å². The van der Waals surface area contributed by atoms with Gasteiger partial charge in [-0.3, -0.25) is 14.3 Å². The Kier molecular flexibility index (Phi) is 3.36. The zero-order valence-corrected chi connectivity index (χ0v) is 12.5. The summed E-state index contributed by atoms with van der Waals surface area (Å²) >= 11 is 3.27. The highest BCUT2D eigenvalue weighted by molar-refractivity contribution is 9.10. The molecule has 2 heterocycles. The van der Waals surface area contributed by atoms with Gasteiger partial charge in [0.05, 0.1) is 29.8 Å². The Morgan fingerprint density at radius 1 is 1.20 bits per heavy atom. The second-order valence-corrected chi connectivity index (χ2v) is 5.37. The molecule has 0 amide bonds. The molecule has 5 heteroatoms. The average Bonchev–Trinajstić information content (AvgIpc) is 2.48. The van der Waals surface area contributed by atoms with E-state index in [2.05, 4.69) is 25.9 Å². The monoisotopic (exact) mass is 329 g/mol. The Morgan fingerprint density at radius 2 is 2.00 bits per heavy atom. The van der Waals surface area contributed by atoms with Crippen molar-refractivity contribution in [2.45, 2.75) is 13.5 Å². The van der Waals surface area contributed by atoms with Crippen LogP contribution in [0.2, 0.25) is 0 Å². The minimum atomic E-state index is -0.0903. The second kappa shape index (κ2) is 5.17. The molecule has 0 N–H and O–H groups in total. The molecular weight excluding hydrogens is 318 g/mol. The number of fused-ring (bicyclic) bond motifs is 1. The first-order valence-electron chi connectivity index (χ1n) is 6.21. The number of benzene rings is 1. The summed E-state index contributed by atoms with van der Waals surface area (Å²) in [5.74, 6) is 0. The molecule has 1 aromatic carbocycles. The molecule has 0 bridgehead atoms. The molecule has 0 saturated heterocycles. The summed E-state index contributed by atoms with van der Waals surface area (Å²) in [6.07, 6.45) is 1.55. The number of rotatable bonds is 2. The van der Waals surface area contributed by atoms with E-state index >= 15 is 0 Å². The van der Waals surface area contributed by atoms with E-state index < -0.39 is 0 Å². The summed E-state index contributed by atoms with van der Waals surface area (Å²) in [7, 11) is 0. The van der Waals surface area contributed by atoms with Crippen LogP contribution in [-0.2, 0) is 6.54 Å². The summed E-state index contributed by atoms with van der Waals surface area (Å²) in [6, 6.07) is 11.9. The molecule has 3 rings (SSSR count). The molecule has 20 heavy (non-hydrogen) atoms. The third kappa shape index (κ3) is 2.36. The first kappa shape index (κ1) is 13.0. The van der Waals surface area contributed by atoms with Gasteiger partial charge in [-0.05, 0) is 35.0 Å². The lowest BCUT2D eigenvalue weighted by Gasteiger charge is -2.07. The van der Waals surface area contributed by atoms with Crippen molar-refractivity contribution < 1.29 is 0 Å². The normalized spacial score (nSPS) is 10.9. The minimum absolute atomic E-state index is 0.0903. The van der Waals surface area contributed by atoms with Gasteiger partial charge in [-0.1, -0.05) is 24.3 Å². The molecule has 3 aromatic rings. The van der Waals surface area contributed by atoms with Gasteiger partial charge >= 0.3 is 0 Å². The first-order chi connectivity index (χ1) is 9.65. The maximum Gasteiger partial charge on any atom is 0.268 e. The quantitative estimate of drug-likeness (QED) is 0.726. The Hall–Kier alpha value is -2.01. The lowest BCUT2D eigenvalue weighted by molar-refractivity contribution is 0.711. The van der Waals surface area contributed by atoms with Crippen molar-refractivity contribution in [1.29, 1.82) is 0 Å². The van der Waals surface area contributed by atoms with Crippen LogP contribution in [0.4, 0.5) is 0 Å². The fraction of sp³-hybridized carbons (Fsp3) is 0.133. The first-order valence-corrected chi connectivity index (χ1v) is 7.00. The van der Waals surface area contributed by atoms with Gasteiger partial charge in [0.2, 0.25) is 0 Å². The molecule has 0 fully saturated rings. The Labute approximate surface area is 124 Å². The molecule has 0 unspecified atom stereocenters. The smallest absolute Gasteiger partial charge is 0.268 e. The van der Waals surface area contributed by atoms with E-state index in [9.17, 15) is 4.79 Å². The summed E-state index contributed by atoms with van der Waals surface area (Å²) in [6.45, 7) is 2.21. The van der Waals surface area contributed by atoms with Crippen LogP contribution >= 0.6 is 15.9 Å². The zero-order valence-electron chi connectivity index (χ0n) is 10.9. The van der Waals surface area contributed by atoms with Crippen molar-refractivity contribution in [2.24, 2.45) is 0 Å². The molecule has 0 atom stereocenters. The summed E-state index contributed by atoms with van der Waals surface area (Å²) < 4.78 is 2.05. The SMILES string of the molecule is Cc1ncn(Cc2ccc3ccccc3n2)c(=O)c1Br.